The molecule has 1 amide bonds. The van der Waals surface area contributed by atoms with Crippen LogP contribution in [0.4, 0.5) is 4.39 Å². The average molecular weight is 265 g/mol. The van der Waals surface area contributed by atoms with Crippen LogP contribution in [-0.4, -0.2) is 31.2 Å². The summed E-state index contributed by atoms with van der Waals surface area (Å²) in [6.45, 7) is 1.09. The molecule has 2 aliphatic rings. The van der Waals surface area contributed by atoms with Gasteiger partial charge >= 0.3 is 0 Å². The van der Waals surface area contributed by atoms with Crippen LogP contribution in [0.5, 0.6) is 0 Å². The molecule has 1 saturated heterocycles. The van der Waals surface area contributed by atoms with Crippen molar-refractivity contribution in [2.24, 2.45) is 5.92 Å². The fourth-order valence-electron chi connectivity index (χ4n) is 2.65. The Balaban J connectivity index is 0.00000144. The molecule has 0 spiro atoms. The zero-order chi connectivity index (χ0) is 11.4. The van der Waals surface area contributed by atoms with Crippen LogP contribution in [0.25, 0.3) is 0 Å². The van der Waals surface area contributed by atoms with Crippen LogP contribution in [0, 0.1) is 5.92 Å². The molecule has 100 valence electrons. The van der Waals surface area contributed by atoms with Gasteiger partial charge in [-0.25, -0.2) is 4.39 Å². The minimum Gasteiger partial charge on any atom is -0.354 e. The number of hydrogen-bond acceptors (Lipinski definition) is 2. The summed E-state index contributed by atoms with van der Waals surface area (Å²) in [5.41, 5.74) is 0. The summed E-state index contributed by atoms with van der Waals surface area (Å²) in [7, 11) is 0. The molecule has 2 N–H and O–H groups in total. The SMILES string of the molecule is Cl.O=C(NCC1CCCCC1)[C@@H]1C[C@@H](F)CN1. The Kier molecular flexibility index (Phi) is 6.20. The molecule has 0 aromatic carbocycles. The van der Waals surface area contributed by atoms with Crippen LogP contribution in [0.15, 0.2) is 0 Å². The van der Waals surface area contributed by atoms with Gasteiger partial charge in [-0.3, -0.25) is 4.79 Å². The predicted octanol–water partition coefficient (Wildman–Crippen LogP) is 1.80. The lowest BCUT2D eigenvalue weighted by atomic mass is 9.89. The fraction of sp³-hybridized carbons (Fsp3) is 0.917. The molecule has 1 aliphatic heterocycles. The first-order valence-corrected chi connectivity index (χ1v) is 6.41. The van der Waals surface area contributed by atoms with E-state index in [2.05, 4.69) is 10.6 Å². The molecular formula is C12H22ClFN2O. The van der Waals surface area contributed by atoms with E-state index in [1.807, 2.05) is 0 Å². The summed E-state index contributed by atoms with van der Waals surface area (Å²) in [4.78, 5) is 11.7. The molecule has 0 unspecified atom stereocenters. The third kappa shape index (κ3) is 4.43. The highest BCUT2D eigenvalue weighted by Gasteiger charge is 2.29. The van der Waals surface area contributed by atoms with Gasteiger partial charge in [-0.1, -0.05) is 19.3 Å². The summed E-state index contributed by atoms with van der Waals surface area (Å²) >= 11 is 0. The van der Waals surface area contributed by atoms with E-state index < -0.39 is 6.17 Å². The van der Waals surface area contributed by atoms with Crippen LogP contribution in [0.2, 0.25) is 0 Å². The highest BCUT2D eigenvalue weighted by molar-refractivity contribution is 5.85. The highest BCUT2D eigenvalue weighted by atomic mass is 35.5. The molecule has 3 nitrogen and oxygen atoms in total. The smallest absolute Gasteiger partial charge is 0.237 e. The second-order valence-corrected chi connectivity index (χ2v) is 5.04. The Labute approximate surface area is 108 Å². The third-order valence-corrected chi connectivity index (χ3v) is 3.68. The van der Waals surface area contributed by atoms with Gasteiger partial charge in [0.15, 0.2) is 0 Å². The number of hydrogen-bond donors (Lipinski definition) is 2. The molecule has 2 fully saturated rings. The van der Waals surface area contributed by atoms with Crippen molar-refractivity contribution in [2.45, 2.75) is 50.7 Å². The lowest BCUT2D eigenvalue weighted by Crippen LogP contribution is -2.42. The number of halogens is 2. The maximum atomic E-state index is 12.9. The summed E-state index contributed by atoms with van der Waals surface area (Å²) in [6.07, 6.45) is 5.83. The predicted molar refractivity (Wildman–Crippen MR) is 68.1 cm³/mol. The van der Waals surface area contributed by atoms with Crippen LogP contribution < -0.4 is 10.6 Å². The molecule has 0 aromatic heterocycles. The minimum absolute atomic E-state index is 0. The molecule has 0 bridgehead atoms. The van der Waals surface area contributed by atoms with E-state index in [0.29, 0.717) is 18.9 Å². The van der Waals surface area contributed by atoms with Gasteiger partial charge in [0.05, 0.1) is 6.04 Å². The molecule has 1 saturated carbocycles. The third-order valence-electron chi connectivity index (χ3n) is 3.68. The first-order valence-electron chi connectivity index (χ1n) is 6.41. The lowest BCUT2D eigenvalue weighted by Gasteiger charge is -2.22. The molecular weight excluding hydrogens is 243 g/mol. The van der Waals surface area contributed by atoms with Gasteiger partial charge < -0.3 is 10.6 Å². The molecule has 1 heterocycles. The number of carbonyl (C=O) groups excluding carboxylic acids is 1. The summed E-state index contributed by atoms with van der Waals surface area (Å²) < 4.78 is 12.9. The monoisotopic (exact) mass is 264 g/mol. The Hall–Kier alpha value is -0.350. The Morgan fingerprint density at radius 2 is 2.00 bits per heavy atom. The molecule has 0 aromatic rings. The molecule has 2 rings (SSSR count). The van der Waals surface area contributed by atoms with Gasteiger partial charge in [0.2, 0.25) is 5.91 Å². The normalized spacial score (nSPS) is 29.7. The second-order valence-electron chi connectivity index (χ2n) is 5.04. The Morgan fingerprint density at radius 3 is 2.59 bits per heavy atom. The van der Waals surface area contributed by atoms with Crippen molar-refractivity contribution in [2.75, 3.05) is 13.1 Å². The Bertz CT molecular complexity index is 247. The van der Waals surface area contributed by atoms with E-state index in [9.17, 15) is 9.18 Å². The van der Waals surface area contributed by atoms with Crippen molar-refractivity contribution in [3.05, 3.63) is 0 Å². The van der Waals surface area contributed by atoms with E-state index in [-0.39, 0.29) is 24.4 Å². The van der Waals surface area contributed by atoms with Crippen molar-refractivity contribution in [3.8, 4) is 0 Å². The van der Waals surface area contributed by atoms with Gasteiger partial charge in [0, 0.05) is 19.5 Å². The van der Waals surface area contributed by atoms with Crippen molar-refractivity contribution in [3.63, 3.8) is 0 Å². The summed E-state index contributed by atoms with van der Waals surface area (Å²) in [5.74, 6) is 0.617. The van der Waals surface area contributed by atoms with Crippen LogP contribution in [0.3, 0.4) is 0 Å². The van der Waals surface area contributed by atoms with Gasteiger partial charge in [-0.15, -0.1) is 12.4 Å². The zero-order valence-corrected chi connectivity index (χ0v) is 10.9. The number of rotatable bonds is 3. The molecule has 1 aliphatic carbocycles. The van der Waals surface area contributed by atoms with Gasteiger partial charge in [-0.05, 0) is 18.8 Å². The van der Waals surface area contributed by atoms with Crippen molar-refractivity contribution in [1.82, 2.24) is 10.6 Å². The zero-order valence-electron chi connectivity index (χ0n) is 10.1. The summed E-state index contributed by atoms with van der Waals surface area (Å²) in [6, 6.07) is -0.307. The van der Waals surface area contributed by atoms with Gasteiger partial charge in [0.25, 0.3) is 0 Å². The fourth-order valence-corrected chi connectivity index (χ4v) is 2.65. The molecule has 17 heavy (non-hydrogen) atoms. The van der Waals surface area contributed by atoms with Crippen molar-refractivity contribution in [1.29, 1.82) is 0 Å². The molecule has 2 atom stereocenters. The maximum absolute atomic E-state index is 12.9. The van der Waals surface area contributed by atoms with Crippen molar-refractivity contribution >= 4 is 18.3 Å². The van der Waals surface area contributed by atoms with Crippen LogP contribution in [0.1, 0.15) is 38.5 Å². The highest BCUT2D eigenvalue weighted by Crippen LogP contribution is 2.22. The van der Waals surface area contributed by atoms with E-state index in [0.717, 1.165) is 6.54 Å². The first kappa shape index (κ1) is 14.7. The number of carbonyl (C=O) groups is 1. The largest absolute Gasteiger partial charge is 0.354 e. The standard InChI is InChI=1S/C12H21FN2O.ClH/c13-10-6-11(14-8-10)12(16)15-7-9-4-2-1-3-5-9;/h9-11,14H,1-8H2,(H,15,16);1H/t10-,11+;/m1./s1. The van der Waals surface area contributed by atoms with E-state index in [1.165, 1.54) is 32.1 Å². The first-order chi connectivity index (χ1) is 7.75. The van der Waals surface area contributed by atoms with E-state index >= 15 is 0 Å². The quantitative estimate of drug-likeness (QED) is 0.816. The Morgan fingerprint density at radius 1 is 1.29 bits per heavy atom. The maximum Gasteiger partial charge on any atom is 0.237 e. The van der Waals surface area contributed by atoms with E-state index in [1.54, 1.807) is 0 Å². The van der Waals surface area contributed by atoms with Crippen LogP contribution in [-0.2, 0) is 4.79 Å². The average Bonchev–Trinajstić information content (AvgIpc) is 2.74. The number of amides is 1. The second kappa shape index (κ2) is 7.17. The van der Waals surface area contributed by atoms with Gasteiger partial charge in [-0.2, -0.15) is 0 Å². The van der Waals surface area contributed by atoms with Crippen LogP contribution >= 0.6 is 12.4 Å². The minimum atomic E-state index is -0.856. The van der Waals surface area contributed by atoms with Gasteiger partial charge in [0.1, 0.15) is 6.17 Å². The van der Waals surface area contributed by atoms with Crippen molar-refractivity contribution < 1.29 is 9.18 Å². The number of nitrogens with one attached hydrogen (secondary N) is 2. The molecule has 5 heteroatoms. The summed E-state index contributed by atoms with van der Waals surface area (Å²) in [5, 5.41) is 5.85. The van der Waals surface area contributed by atoms with E-state index in [4.69, 9.17) is 0 Å². The number of alkyl halides is 1. The molecule has 0 radical (unpaired) electrons. The lowest BCUT2D eigenvalue weighted by molar-refractivity contribution is -0.123. The topological polar surface area (TPSA) is 41.1 Å².